The fourth-order valence-electron chi connectivity index (χ4n) is 3.70. The highest BCUT2D eigenvalue weighted by molar-refractivity contribution is 5.79. The van der Waals surface area contributed by atoms with Crippen molar-refractivity contribution in [2.24, 2.45) is 0 Å². The summed E-state index contributed by atoms with van der Waals surface area (Å²) in [4.78, 5) is 25.0. The van der Waals surface area contributed by atoms with Crippen molar-refractivity contribution < 1.29 is 4.79 Å². The first-order valence-corrected chi connectivity index (χ1v) is 8.28. The molecule has 2 aliphatic rings. The van der Waals surface area contributed by atoms with E-state index in [2.05, 4.69) is 9.88 Å². The maximum Gasteiger partial charge on any atom is 0.237 e. The number of carbonyl (C=O) groups is 1. The monoisotopic (exact) mass is 298 g/mol. The van der Waals surface area contributed by atoms with E-state index in [0.29, 0.717) is 6.54 Å². The maximum absolute atomic E-state index is 12.6. The van der Waals surface area contributed by atoms with Crippen molar-refractivity contribution in [1.82, 2.24) is 19.8 Å². The summed E-state index contributed by atoms with van der Waals surface area (Å²) in [5.41, 5.74) is 2.03. The molecule has 5 nitrogen and oxygen atoms in total. The first kappa shape index (κ1) is 13.8. The number of amides is 1. The molecule has 5 heteroatoms. The summed E-state index contributed by atoms with van der Waals surface area (Å²) in [6, 6.07) is 8.17. The van der Waals surface area contributed by atoms with Gasteiger partial charge in [-0.2, -0.15) is 0 Å². The molecule has 1 amide bonds. The number of aromatic amines is 1. The lowest BCUT2D eigenvalue weighted by molar-refractivity contribution is -0.133. The average Bonchev–Trinajstić information content (AvgIpc) is 3.26. The Morgan fingerprint density at radius 1 is 1.18 bits per heavy atom. The summed E-state index contributed by atoms with van der Waals surface area (Å²) in [6.45, 7) is 3.55. The molecule has 116 valence electrons. The fraction of sp³-hybridized carbons (Fsp3) is 0.529. The SMILES string of the molecule is O=C(CN1CCCC1)N1CCCC1c1nc2ccccc2[nH]1. The molecule has 1 aromatic heterocycles. The van der Waals surface area contributed by atoms with E-state index in [1.807, 2.05) is 29.2 Å². The number of likely N-dealkylation sites (tertiary alicyclic amines) is 2. The van der Waals surface area contributed by atoms with Crippen LogP contribution in [0.5, 0.6) is 0 Å². The molecule has 4 rings (SSSR count). The third-order valence-corrected chi connectivity index (χ3v) is 4.85. The van der Waals surface area contributed by atoms with Crippen molar-refractivity contribution in [2.75, 3.05) is 26.2 Å². The average molecular weight is 298 g/mol. The molecule has 1 unspecified atom stereocenters. The van der Waals surface area contributed by atoms with Gasteiger partial charge in [0.2, 0.25) is 5.91 Å². The first-order valence-electron chi connectivity index (χ1n) is 8.28. The van der Waals surface area contributed by atoms with Gasteiger partial charge in [0.15, 0.2) is 0 Å². The third kappa shape index (κ3) is 2.50. The van der Waals surface area contributed by atoms with Crippen molar-refractivity contribution in [3.05, 3.63) is 30.1 Å². The number of hydrogen-bond acceptors (Lipinski definition) is 3. The lowest BCUT2D eigenvalue weighted by atomic mass is 10.2. The highest BCUT2D eigenvalue weighted by atomic mass is 16.2. The molecule has 1 N–H and O–H groups in total. The molecule has 2 saturated heterocycles. The van der Waals surface area contributed by atoms with Gasteiger partial charge in [0.25, 0.3) is 0 Å². The number of carbonyl (C=O) groups excluding carboxylic acids is 1. The second-order valence-electron chi connectivity index (χ2n) is 6.37. The number of hydrogen-bond donors (Lipinski definition) is 1. The van der Waals surface area contributed by atoms with E-state index >= 15 is 0 Å². The van der Waals surface area contributed by atoms with Crippen LogP contribution < -0.4 is 0 Å². The Morgan fingerprint density at radius 3 is 2.82 bits per heavy atom. The Kier molecular flexibility index (Phi) is 3.58. The molecule has 3 heterocycles. The number of para-hydroxylation sites is 2. The molecule has 2 aliphatic heterocycles. The number of aromatic nitrogens is 2. The van der Waals surface area contributed by atoms with E-state index < -0.39 is 0 Å². The van der Waals surface area contributed by atoms with E-state index in [4.69, 9.17) is 4.98 Å². The normalized spacial score (nSPS) is 22.7. The smallest absolute Gasteiger partial charge is 0.237 e. The minimum Gasteiger partial charge on any atom is -0.340 e. The molecular formula is C17H22N4O. The van der Waals surface area contributed by atoms with Gasteiger partial charge in [-0.1, -0.05) is 12.1 Å². The van der Waals surface area contributed by atoms with Crippen molar-refractivity contribution in [3.8, 4) is 0 Å². The van der Waals surface area contributed by atoms with Crippen LogP contribution in [0.15, 0.2) is 24.3 Å². The van der Waals surface area contributed by atoms with Gasteiger partial charge in [-0.15, -0.1) is 0 Å². The van der Waals surface area contributed by atoms with Crippen LogP contribution in [0.2, 0.25) is 0 Å². The van der Waals surface area contributed by atoms with Gasteiger partial charge < -0.3 is 9.88 Å². The largest absolute Gasteiger partial charge is 0.340 e. The first-order chi connectivity index (χ1) is 10.8. The van der Waals surface area contributed by atoms with E-state index in [9.17, 15) is 4.79 Å². The molecule has 1 atom stereocenters. The van der Waals surface area contributed by atoms with Gasteiger partial charge in [-0.05, 0) is 50.9 Å². The molecule has 2 aromatic rings. The topological polar surface area (TPSA) is 52.2 Å². The summed E-state index contributed by atoms with van der Waals surface area (Å²) in [5.74, 6) is 1.19. The minimum atomic E-state index is 0.113. The standard InChI is InChI=1S/C17H22N4O/c22-16(12-20-9-3-4-10-20)21-11-5-8-15(21)17-18-13-6-1-2-7-14(13)19-17/h1-2,6-7,15H,3-5,8-12H2,(H,18,19). The molecule has 0 bridgehead atoms. The lowest BCUT2D eigenvalue weighted by Crippen LogP contribution is -2.39. The zero-order valence-corrected chi connectivity index (χ0v) is 12.8. The molecule has 2 fully saturated rings. The van der Waals surface area contributed by atoms with Crippen LogP contribution in [-0.2, 0) is 4.79 Å². The van der Waals surface area contributed by atoms with Crippen LogP contribution in [0, 0.1) is 0 Å². The molecule has 0 spiro atoms. The minimum absolute atomic E-state index is 0.113. The molecule has 0 saturated carbocycles. The number of H-pyrrole nitrogens is 1. The Morgan fingerprint density at radius 2 is 2.00 bits per heavy atom. The number of benzene rings is 1. The van der Waals surface area contributed by atoms with Crippen molar-refractivity contribution in [1.29, 1.82) is 0 Å². The van der Waals surface area contributed by atoms with Gasteiger partial charge >= 0.3 is 0 Å². The second-order valence-corrected chi connectivity index (χ2v) is 6.37. The highest BCUT2D eigenvalue weighted by Gasteiger charge is 2.32. The van der Waals surface area contributed by atoms with E-state index in [0.717, 1.165) is 49.3 Å². The summed E-state index contributed by atoms with van der Waals surface area (Å²) in [7, 11) is 0. The summed E-state index contributed by atoms with van der Waals surface area (Å²) >= 11 is 0. The predicted octanol–water partition coefficient (Wildman–Crippen LogP) is 2.32. The number of nitrogens with zero attached hydrogens (tertiary/aromatic N) is 3. The molecule has 0 aliphatic carbocycles. The van der Waals surface area contributed by atoms with Crippen LogP contribution in [-0.4, -0.2) is 51.9 Å². The number of rotatable bonds is 3. The van der Waals surface area contributed by atoms with Crippen LogP contribution >= 0.6 is 0 Å². The van der Waals surface area contributed by atoms with Gasteiger partial charge in [0.05, 0.1) is 23.6 Å². The molecule has 0 radical (unpaired) electrons. The number of imidazole rings is 1. The van der Waals surface area contributed by atoms with Crippen LogP contribution in [0.3, 0.4) is 0 Å². The van der Waals surface area contributed by atoms with E-state index in [1.54, 1.807) is 0 Å². The Balaban J connectivity index is 1.53. The zero-order chi connectivity index (χ0) is 14.9. The van der Waals surface area contributed by atoms with Gasteiger partial charge in [0, 0.05) is 6.54 Å². The van der Waals surface area contributed by atoms with Gasteiger partial charge in [-0.25, -0.2) is 4.98 Å². The molecule has 1 aromatic carbocycles. The molecular weight excluding hydrogens is 276 g/mol. The summed E-state index contributed by atoms with van der Waals surface area (Å²) in [6.07, 6.45) is 4.51. The number of fused-ring (bicyclic) bond motifs is 1. The molecule has 22 heavy (non-hydrogen) atoms. The zero-order valence-electron chi connectivity index (χ0n) is 12.8. The summed E-state index contributed by atoms with van der Waals surface area (Å²) < 4.78 is 0. The van der Waals surface area contributed by atoms with Gasteiger partial charge in [-0.3, -0.25) is 9.69 Å². The maximum atomic E-state index is 12.6. The van der Waals surface area contributed by atoms with Crippen molar-refractivity contribution in [2.45, 2.75) is 31.7 Å². The lowest BCUT2D eigenvalue weighted by Gasteiger charge is -2.25. The van der Waals surface area contributed by atoms with E-state index in [-0.39, 0.29) is 11.9 Å². The quantitative estimate of drug-likeness (QED) is 0.946. The van der Waals surface area contributed by atoms with Crippen LogP contribution in [0.4, 0.5) is 0 Å². The Labute approximate surface area is 130 Å². The second kappa shape index (κ2) is 5.72. The Hall–Kier alpha value is -1.88. The van der Waals surface area contributed by atoms with Crippen LogP contribution in [0.25, 0.3) is 11.0 Å². The van der Waals surface area contributed by atoms with Crippen molar-refractivity contribution in [3.63, 3.8) is 0 Å². The Bertz CT molecular complexity index is 641. The van der Waals surface area contributed by atoms with E-state index in [1.165, 1.54) is 12.8 Å². The predicted molar refractivity (Wildman–Crippen MR) is 85.5 cm³/mol. The fourth-order valence-corrected chi connectivity index (χ4v) is 3.70. The summed E-state index contributed by atoms with van der Waals surface area (Å²) in [5, 5.41) is 0. The van der Waals surface area contributed by atoms with Crippen molar-refractivity contribution >= 4 is 16.9 Å². The third-order valence-electron chi connectivity index (χ3n) is 4.85. The number of nitrogens with one attached hydrogen (secondary N) is 1. The van der Waals surface area contributed by atoms with Gasteiger partial charge in [0.1, 0.15) is 5.82 Å². The highest BCUT2D eigenvalue weighted by Crippen LogP contribution is 2.31. The van der Waals surface area contributed by atoms with Crippen LogP contribution in [0.1, 0.15) is 37.5 Å².